The summed E-state index contributed by atoms with van der Waals surface area (Å²) >= 11 is 0. The zero-order chi connectivity index (χ0) is 17.8. The van der Waals surface area contributed by atoms with Gasteiger partial charge in [-0.2, -0.15) is 5.10 Å². The molecule has 0 saturated heterocycles. The summed E-state index contributed by atoms with van der Waals surface area (Å²) in [5.74, 6) is 0.00284. The fraction of sp³-hybridized carbons (Fsp3) is 0.200. The standard InChI is InChI=1S/C20H20N2O3/c1-3-14-12-17(8-9-19(14)25-2)15-4-6-16(7-5-15)18-10-11-22(21-18)13-20(23)24/h4-12H,3,13H2,1-2H3,(H,23,24). The van der Waals surface area contributed by atoms with Gasteiger partial charge in [0.1, 0.15) is 12.3 Å². The van der Waals surface area contributed by atoms with Crippen molar-refractivity contribution in [2.24, 2.45) is 0 Å². The van der Waals surface area contributed by atoms with Gasteiger partial charge in [-0.25, -0.2) is 0 Å². The molecule has 1 aromatic heterocycles. The van der Waals surface area contributed by atoms with Crippen molar-refractivity contribution in [1.29, 1.82) is 0 Å². The number of methoxy groups -OCH3 is 1. The van der Waals surface area contributed by atoms with Crippen LogP contribution in [0, 0.1) is 0 Å². The predicted octanol–water partition coefficient (Wildman–Crippen LogP) is 3.87. The van der Waals surface area contributed by atoms with Crippen LogP contribution >= 0.6 is 0 Å². The molecular formula is C20H20N2O3. The van der Waals surface area contributed by atoms with Crippen molar-refractivity contribution in [3.05, 3.63) is 60.3 Å². The maximum atomic E-state index is 10.7. The second-order valence-electron chi connectivity index (χ2n) is 5.75. The number of rotatable bonds is 6. The van der Waals surface area contributed by atoms with Gasteiger partial charge in [0.25, 0.3) is 0 Å². The number of hydrogen-bond acceptors (Lipinski definition) is 3. The largest absolute Gasteiger partial charge is 0.496 e. The highest BCUT2D eigenvalue weighted by Crippen LogP contribution is 2.28. The minimum atomic E-state index is -0.906. The van der Waals surface area contributed by atoms with Crippen LogP contribution in [-0.2, 0) is 17.8 Å². The summed E-state index contributed by atoms with van der Waals surface area (Å²) in [5, 5.41) is 13.1. The smallest absolute Gasteiger partial charge is 0.325 e. The zero-order valence-corrected chi connectivity index (χ0v) is 14.3. The van der Waals surface area contributed by atoms with Crippen molar-refractivity contribution in [1.82, 2.24) is 9.78 Å². The van der Waals surface area contributed by atoms with Crippen LogP contribution in [0.15, 0.2) is 54.7 Å². The van der Waals surface area contributed by atoms with E-state index in [-0.39, 0.29) is 6.54 Å². The lowest BCUT2D eigenvalue weighted by molar-refractivity contribution is -0.137. The third-order valence-electron chi connectivity index (χ3n) is 4.11. The Morgan fingerprint density at radius 1 is 1.08 bits per heavy atom. The molecule has 0 radical (unpaired) electrons. The maximum Gasteiger partial charge on any atom is 0.325 e. The van der Waals surface area contributed by atoms with Gasteiger partial charge in [0.15, 0.2) is 0 Å². The molecule has 5 nitrogen and oxygen atoms in total. The third-order valence-corrected chi connectivity index (χ3v) is 4.11. The van der Waals surface area contributed by atoms with Crippen molar-refractivity contribution < 1.29 is 14.6 Å². The molecule has 0 atom stereocenters. The molecule has 0 unspecified atom stereocenters. The van der Waals surface area contributed by atoms with Crippen LogP contribution in [0.2, 0.25) is 0 Å². The number of benzene rings is 2. The Balaban J connectivity index is 1.85. The average molecular weight is 336 g/mol. The molecule has 3 rings (SSSR count). The number of carbonyl (C=O) groups is 1. The van der Waals surface area contributed by atoms with Crippen LogP contribution < -0.4 is 4.74 Å². The van der Waals surface area contributed by atoms with E-state index < -0.39 is 5.97 Å². The van der Waals surface area contributed by atoms with E-state index in [2.05, 4.69) is 24.2 Å². The predicted molar refractivity (Wildman–Crippen MR) is 96.7 cm³/mol. The zero-order valence-electron chi connectivity index (χ0n) is 14.3. The first-order valence-electron chi connectivity index (χ1n) is 8.13. The number of ether oxygens (including phenoxy) is 1. The Morgan fingerprint density at radius 3 is 2.40 bits per heavy atom. The quantitative estimate of drug-likeness (QED) is 0.742. The number of aliphatic carboxylic acids is 1. The van der Waals surface area contributed by atoms with Crippen molar-refractivity contribution in [3.8, 4) is 28.1 Å². The molecule has 1 heterocycles. The fourth-order valence-corrected chi connectivity index (χ4v) is 2.81. The molecule has 25 heavy (non-hydrogen) atoms. The fourth-order valence-electron chi connectivity index (χ4n) is 2.81. The van der Waals surface area contributed by atoms with E-state index >= 15 is 0 Å². The van der Waals surface area contributed by atoms with Gasteiger partial charge in [-0.1, -0.05) is 37.3 Å². The highest BCUT2D eigenvalue weighted by Gasteiger charge is 2.07. The highest BCUT2D eigenvalue weighted by atomic mass is 16.5. The number of aromatic nitrogens is 2. The Bertz CT molecular complexity index is 882. The molecule has 128 valence electrons. The average Bonchev–Trinajstić information content (AvgIpc) is 3.09. The molecule has 0 spiro atoms. The van der Waals surface area contributed by atoms with Crippen LogP contribution in [0.3, 0.4) is 0 Å². The Kier molecular flexibility index (Phi) is 4.84. The first kappa shape index (κ1) is 16.8. The van der Waals surface area contributed by atoms with E-state index in [1.54, 1.807) is 13.3 Å². The van der Waals surface area contributed by atoms with Crippen LogP contribution in [0.1, 0.15) is 12.5 Å². The molecule has 0 bridgehead atoms. The first-order valence-corrected chi connectivity index (χ1v) is 8.13. The topological polar surface area (TPSA) is 64.4 Å². The Hall–Kier alpha value is -3.08. The van der Waals surface area contributed by atoms with E-state index in [1.807, 2.05) is 36.4 Å². The minimum Gasteiger partial charge on any atom is -0.496 e. The van der Waals surface area contributed by atoms with Crippen molar-refractivity contribution in [2.75, 3.05) is 7.11 Å². The summed E-state index contributed by atoms with van der Waals surface area (Å²) in [6, 6.07) is 16.1. The summed E-state index contributed by atoms with van der Waals surface area (Å²) in [6.07, 6.45) is 2.59. The second-order valence-corrected chi connectivity index (χ2v) is 5.75. The maximum absolute atomic E-state index is 10.7. The molecule has 5 heteroatoms. The second kappa shape index (κ2) is 7.21. The number of aryl methyl sites for hydroxylation is 1. The van der Waals surface area contributed by atoms with Gasteiger partial charge < -0.3 is 9.84 Å². The number of nitrogens with zero attached hydrogens (tertiary/aromatic N) is 2. The van der Waals surface area contributed by atoms with Gasteiger partial charge in [-0.05, 0) is 41.3 Å². The van der Waals surface area contributed by atoms with Gasteiger partial charge in [-0.15, -0.1) is 0 Å². The van der Waals surface area contributed by atoms with Gasteiger partial charge >= 0.3 is 5.97 Å². The summed E-state index contributed by atoms with van der Waals surface area (Å²) in [5.41, 5.74) is 5.15. The van der Waals surface area contributed by atoms with Gasteiger partial charge in [0, 0.05) is 11.8 Å². The van der Waals surface area contributed by atoms with E-state index in [0.717, 1.165) is 34.6 Å². The molecule has 0 saturated carbocycles. The van der Waals surface area contributed by atoms with Crippen LogP contribution in [-0.4, -0.2) is 28.0 Å². The van der Waals surface area contributed by atoms with Gasteiger partial charge in [-0.3, -0.25) is 9.48 Å². The third kappa shape index (κ3) is 3.71. The summed E-state index contributed by atoms with van der Waals surface area (Å²) in [6.45, 7) is 1.97. The monoisotopic (exact) mass is 336 g/mol. The van der Waals surface area contributed by atoms with E-state index in [1.165, 1.54) is 10.2 Å². The summed E-state index contributed by atoms with van der Waals surface area (Å²) in [4.78, 5) is 10.7. The molecule has 3 aromatic rings. The Labute approximate surface area is 146 Å². The van der Waals surface area contributed by atoms with E-state index in [0.29, 0.717) is 0 Å². The van der Waals surface area contributed by atoms with Crippen molar-refractivity contribution in [3.63, 3.8) is 0 Å². The minimum absolute atomic E-state index is 0.135. The summed E-state index contributed by atoms with van der Waals surface area (Å²) < 4.78 is 6.80. The lowest BCUT2D eigenvalue weighted by atomic mass is 9.99. The summed E-state index contributed by atoms with van der Waals surface area (Å²) in [7, 11) is 1.69. The van der Waals surface area contributed by atoms with E-state index in [4.69, 9.17) is 9.84 Å². The van der Waals surface area contributed by atoms with Crippen LogP contribution in [0.5, 0.6) is 5.75 Å². The van der Waals surface area contributed by atoms with Crippen molar-refractivity contribution >= 4 is 5.97 Å². The Morgan fingerprint density at radius 2 is 1.76 bits per heavy atom. The number of carboxylic acid groups (broad SMARTS) is 1. The van der Waals surface area contributed by atoms with Gasteiger partial charge in [0.05, 0.1) is 12.8 Å². The SMILES string of the molecule is CCc1cc(-c2ccc(-c3ccn(CC(=O)O)n3)cc2)ccc1OC. The molecule has 2 aromatic carbocycles. The molecule has 0 amide bonds. The number of carboxylic acids is 1. The van der Waals surface area contributed by atoms with E-state index in [9.17, 15) is 4.79 Å². The lowest BCUT2D eigenvalue weighted by Gasteiger charge is -2.10. The normalized spacial score (nSPS) is 10.6. The highest BCUT2D eigenvalue weighted by molar-refractivity contribution is 5.70. The molecule has 1 N–H and O–H groups in total. The molecule has 0 aliphatic rings. The lowest BCUT2D eigenvalue weighted by Crippen LogP contribution is -2.08. The number of hydrogen-bond donors (Lipinski definition) is 1. The van der Waals surface area contributed by atoms with Gasteiger partial charge in [0.2, 0.25) is 0 Å². The first-order chi connectivity index (χ1) is 12.1. The molecular weight excluding hydrogens is 316 g/mol. The molecule has 0 aliphatic heterocycles. The van der Waals surface area contributed by atoms with Crippen LogP contribution in [0.25, 0.3) is 22.4 Å². The molecule has 0 fully saturated rings. The van der Waals surface area contributed by atoms with Crippen molar-refractivity contribution in [2.45, 2.75) is 19.9 Å². The van der Waals surface area contributed by atoms with Crippen LogP contribution in [0.4, 0.5) is 0 Å². The molecule has 0 aliphatic carbocycles.